The van der Waals surface area contributed by atoms with Crippen LogP contribution >= 0.6 is 0 Å². The van der Waals surface area contributed by atoms with Crippen LogP contribution in [0, 0.1) is 6.92 Å². The largest absolute Gasteiger partial charge is 0.478 e. The summed E-state index contributed by atoms with van der Waals surface area (Å²) in [4.78, 5) is 26.1. The maximum absolute atomic E-state index is 13.1. The van der Waals surface area contributed by atoms with Crippen LogP contribution in [0.25, 0.3) is 11.3 Å². The molecule has 192 valence electrons. The van der Waals surface area contributed by atoms with E-state index in [1.54, 1.807) is 12.1 Å². The zero-order chi connectivity index (χ0) is 25.5. The molecule has 3 aliphatic rings. The van der Waals surface area contributed by atoms with E-state index in [9.17, 15) is 9.59 Å². The number of aromatic carboxylic acids is 1. The Labute approximate surface area is 215 Å². The van der Waals surface area contributed by atoms with E-state index >= 15 is 0 Å². The van der Waals surface area contributed by atoms with Crippen LogP contribution in [0.3, 0.4) is 0 Å². The Balaban J connectivity index is 1.12. The van der Waals surface area contributed by atoms with Gasteiger partial charge >= 0.3 is 12.0 Å². The molecule has 0 radical (unpaired) electrons. The minimum absolute atomic E-state index is 0.0723. The van der Waals surface area contributed by atoms with Gasteiger partial charge in [-0.05, 0) is 75.3 Å². The molecule has 8 nitrogen and oxygen atoms in total. The highest BCUT2D eigenvalue weighted by Crippen LogP contribution is 2.45. The van der Waals surface area contributed by atoms with E-state index in [4.69, 9.17) is 14.4 Å². The molecule has 2 atom stereocenters. The van der Waals surface area contributed by atoms with Crippen molar-refractivity contribution in [1.82, 2.24) is 10.1 Å². The fourth-order valence-electron chi connectivity index (χ4n) is 5.86. The molecule has 3 heterocycles. The van der Waals surface area contributed by atoms with E-state index in [1.807, 2.05) is 17.0 Å². The molecule has 2 aliphatic heterocycles. The highest BCUT2D eigenvalue weighted by Gasteiger charge is 2.44. The highest BCUT2D eigenvalue weighted by molar-refractivity contribution is 5.92. The average molecular weight is 502 g/mol. The normalized spacial score (nSPS) is 22.7. The summed E-state index contributed by atoms with van der Waals surface area (Å²) in [5, 5.41) is 16.5. The lowest BCUT2D eigenvalue weighted by atomic mass is 9.99. The minimum Gasteiger partial charge on any atom is -0.478 e. The number of carbonyl (C=O) groups excluding carboxylic acids is 1. The standard InChI is InChI=1S/C29H31N3O5/c1-17-4-2-3-5-24(17)26-25(27(37-31-26)18-6-7-18)16-36-23-14-21-12-13-22(15-23)32(21)29(35)30-20-10-8-19(9-11-20)28(33)34/h2-5,8-11,18,21-23H,6-7,12-16H2,1H3,(H,30,35)(H,33,34). The maximum Gasteiger partial charge on any atom is 0.335 e. The number of piperidine rings is 1. The third-order valence-corrected chi connectivity index (χ3v) is 7.94. The second-order valence-corrected chi connectivity index (χ2v) is 10.5. The molecule has 1 aliphatic carbocycles. The fourth-order valence-corrected chi connectivity index (χ4v) is 5.86. The van der Waals surface area contributed by atoms with Crippen molar-refractivity contribution in [1.29, 1.82) is 0 Å². The number of rotatable bonds is 7. The Hall–Kier alpha value is -3.65. The molecule has 1 saturated carbocycles. The van der Waals surface area contributed by atoms with Crippen LogP contribution in [0.2, 0.25) is 0 Å². The first-order chi connectivity index (χ1) is 18.0. The molecular weight excluding hydrogens is 470 g/mol. The van der Waals surface area contributed by atoms with E-state index in [0.717, 1.165) is 66.7 Å². The van der Waals surface area contributed by atoms with Gasteiger partial charge in [0.05, 0.1) is 18.3 Å². The van der Waals surface area contributed by atoms with Crippen molar-refractivity contribution >= 4 is 17.7 Å². The van der Waals surface area contributed by atoms with E-state index < -0.39 is 5.97 Å². The SMILES string of the molecule is Cc1ccccc1-c1noc(C2CC2)c1COC1CC2CCC(C1)N2C(=O)Nc1ccc(C(=O)O)cc1. The molecule has 2 N–H and O–H groups in total. The van der Waals surface area contributed by atoms with Crippen molar-refractivity contribution in [3.05, 3.63) is 71.0 Å². The highest BCUT2D eigenvalue weighted by atomic mass is 16.5. The molecule has 6 rings (SSSR count). The second-order valence-electron chi connectivity index (χ2n) is 10.5. The first-order valence-electron chi connectivity index (χ1n) is 13.1. The van der Waals surface area contributed by atoms with Gasteiger partial charge in [0.1, 0.15) is 11.5 Å². The molecule has 2 unspecified atom stereocenters. The van der Waals surface area contributed by atoms with Crippen LogP contribution in [0.15, 0.2) is 53.1 Å². The molecule has 2 bridgehead atoms. The third kappa shape index (κ3) is 4.73. The molecule has 3 fully saturated rings. The van der Waals surface area contributed by atoms with E-state index in [0.29, 0.717) is 18.2 Å². The molecule has 37 heavy (non-hydrogen) atoms. The first-order valence-corrected chi connectivity index (χ1v) is 13.1. The number of fused-ring (bicyclic) bond motifs is 2. The number of carbonyl (C=O) groups is 2. The Morgan fingerprint density at radius 1 is 1.05 bits per heavy atom. The summed E-state index contributed by atoms with van der Waals surface area (Å²) in [6.45, 7) is 2.55. The monoisotopic (exact) mass is 501 g/mol. The van der Waals surface area contributed by atoms with Gasteiger partial charge in [-0.1, -0.05) is 29.4 Å². The van der Waals surface area contributed by atoms with Crippen LogP contribution in [0.1, 0.15) is 71.7 Å². The molecule has 8 heteroatoms. The predicted octanol–water partition coefficient (Wildman–Crippen LogP) is 5.97. The fraction of sp³-hybridized carbons (Fsp3) is 0.414. The van der Waals surface area contributed by atoms with Crippen LogP contribution in [-0.2, 0) is 11.3 Å². The van der Waals surface area contributed by atoms with Gasteiger partial charge in [0, 0.05) is 34.8 Å². The lowest BCUT2D eigenvalue weighted by Gasteiger charge is -2.38. The molecular formula is C29H31N3O5. The first kappa shape index (κ1) is 23.7. The number of hydrogen-bond acceptors (Lipinski definition) is 5. The van der Waals surface area contributed by atoms with Crippen LogP contribution in [0.4, 0.5) is 10.5 Å². The summed E-state index contributed by atoms with van der Waals surface area (Å²) in [5.74, 6) is 0.418. The van der Waals surface area contributed by atoms with E-state index in [-0.39, 0.29) is 29.8 Å². The second kappa shape index (κ2) is 9.67. The van der Waals surface area contributed by atoms with Crippen molar-refractivity contribution in [2.24, 2.45) is 0 Å². The Morgan fingerprint density at radius 2 is 1.76 bits per heavy atom. The number of carboxylic acids is 1. The number of carboxylic acid groups (broad SMARTS) is 1. The summed E-state index contributed by atoms with van der Waals surface area (Å²) < 4.78 is 12.3. The lowest BCUT2D eigenvalue weighted by molar-refractivity contribution is -0.0158. The van der Waals surface area contributed by atoms with E-state index in [2.05, 4.69) is 29.5 Å². The number of urea groups is 1. The number of amides is 2. The molecule has 2 aromatic carbocycles. The zero-order valence-corrected chi connectivity index (χ0v) is 20.9. The van der Waals surface area contributed by atoms with Crippen LogP contribution in [0.5, 0.6) is 0 Å². The zero-order valence-electron chi connectivity index (χ0n) is 20.9. The summed E-state index contributed by atoms with van der Waals surface area (Å²) in [6.07, 6.45) is 5.86. The Kier molecular flexibility index (Phi) is 6.20. The van der Waals surface area contributed by atoms with Gasteiger partial charge in [0.2, 0.25) is 0 Å². The summed E-state index contributed by atoms with van der Waals surface area (Å²) in [7, 11) is 0. The summed E-state index contributed by atoms with van der Waals surface area (Å²) in [6, 6.07) is 14.6. The van der Waals surface area contributed by atoms with Crippen molar-refractivity contribution in [2.45, 2.75) is 76.2 Å². The van der Waals surface area contributed by atoms with Gasteiger partial charge in [-0.15, -0.1) is 0 Å². The van der Waals surface area contributed by atoms with E-state index in [1.165, 1.54) is 12.1 Å². The number of aryl methyl sites for hydroxylation is 1. The molecule has 3 aromatic rings. The van der Waals surface area contributed by atoms with Crippen molar-refractivity contribution in [2.75, 3.05) is 5.32 Å². The number of anilines is 1. The van der Waals surface area contributed by atoms with Gasteiger partial charge in [-0.25, -0.2) is 9.59 Å². The minimum atomic E-state index is -0.987. The number of nitrogens with zero attached hydrogens (tertiary/aromatic N) is 2. The van der Waals surface area contributed by atoms with Crippen LogP contribution in [-0.4, -0.2) is 45.4 Å². The third-order valence-electron chi connectivity index (χ3n) is 7.94. The Morgan fingerprint density at radius 3 is 2.41 bits per heavy atom. The maximum atomic E-state index is 13.1. The van der Waals surface area contributed by atoms with Crippen molar-refractivity contribution < 1.29 is 24.0 Å². The van der Waals surface area contributed by atoms with Gasteiger partial charge in [-0.3, -0.25) is 0 Å². The number of nitrogens with one attached hydrogen (secondary N) is 1. The van der Waals surface area contributed by atoms with Crippen molar-refractivity contribution in [3.8, 4) is 11.3 Å². The lowest BCUT2D eigenvalue weighted by Crippen LogP contribution is -2.50. The Bertz CT molecular complexity index is 1300. The van der Waals surface area contributed by atoms with Gasteiger partial charge in [-0.2, -0.15) is 0 Å². The van der Waals surface area contributed by atoms with Gasteiger partial charge < -0.3 is 24.6 Å². The molecule has 2 amide bonds. The predicted molar refractivity (Wildman–Crippen MR) is 138 cm³/mol. The van der Waals surface area contributed by atoms with Gasteiger partial charge in [0.15, 0.2) is 0 Å². The summed E-state index contributed by atoms with van der Waals surface area (Å²) in [5.41, 5.74) is 4.98. The quantitative estimate of drug-likeness (QED) is 0.413. The smallest absolute Gasteiger partial charge is 0.335 e. The average Bonchev–Trinajstić information content (AvgIpc) is 3.59. The molecule has 1 aromatic heterocycles. The number of ether oxygens (including phenoxy) is 1. The van der Waals surface area contributed by atoms with Gasteiger partial charge in [0.25, 0.3) is 0 Å². The van der Waals surface area contributed by atoms with Crippen molar-refractivity contribution in [3.63, 3.8) is 0 Å². The molecule has 0 spiro atoms. The summed E-state index contributed by atoms with van der Waals surface area (Å²) >= 11 is 0. The number of benzene rings is 2. The van der Waals surface area contributed by atoms with Crippen LogP contribution < -0.4 is 5.32 Å². The molecule has 2 saturated heterocycles. The number of hydrogen-bond donors (Lipinski definition) is 2. The topological polar surface area (TPSA) is 105 Å². The number of aromatic nitrogens is 1.